The van der Waals surface area contributed by atoms with Crippen molar-refractivity contribution in [2.75, 3.05) is 0 Å². The molecule has 3 atom stereocenters. The maximum Gasteiger partial charge on any atom is 0.0249 e. The van der Waals surface area contributed by atoms with Gasteiger partial charge < -0.3 is 5.73 Å². The van der Waals surface area contributed by atoms with Crippen LogP contribution in [0.1, 0.15) is 32.6 Å². The molecule has 1 heteroatoms. The summed E-state index contributed by atoms with van der Waals surface area (Å²) in [6.07, 6.45) is 7.22. The molecule has 11 heavy (non-hydrogen) atoms. The van der Waals surface area contributed by atoms with Crippen LogP contribution in [0.4, 0.5) is 0 Å². The minimum Gasteiger partial charge on any atom is -0.324 e. The largest absolute Gasteiger partial charge is 0.324 e. The molecule has 64 valence electrons. The summed E-state index contributed by atoms with van der Waals surface area (Å²) in [6.45, 7) is 6.00. The van der Waals surface area contributed by atoms with E-state index in [2.05, 4.69) is 13.5 Å². The number of hydrogen-bond donors (Lipinski definition) is 1. The average Bonchev–Trinajstić information content (AvgIpc) is 2.50. The van der Waals surface area contributed by atoms with E-state index in [0.29, 0.717) is 0 Å². The first-order chi connectivity index (χ1) is 5.27. The van der Waals surface area contributed by atoms with Crippen LogP contribution < -0.4 is 5.73 Å². The lowest BCUT2D eigenvalue weighted by atomic mass is 9.97. The van der Waals surface area contributed by atoms with Crippen LogP contribution in [0.3, 0.4) is 0 Å². The topological polar surface area (TPSA) is 26.0 Å². The lowest BCUT2D eigenvalue weighted by Crippen LogP contribution is -2.25. The minimum atomic E-state index is 0.242. The summed E-state index contributed by atoms with van der Waals surface area (Å²) >= 11 is 0. The van der Waals surface area contributed by atoms with Crippen LogP contribution in [-0.2, 0) is 0 Å². The Morgan fingerprint density at radius 1 is 1.64 bits per heavy atom. The number of rotatable bonds is 3. The summed E-state index contributed by atoms with van der Waals surface area (Å²) in [5.74, 6) is 1.66. The van der Waals surface area contributed by atoms with Crippen molar-refractivity contribution in [1.29, 1.82) is 0 Å². The van der Waals surface area contributed by atoms with Crippen molar-refractivity contribution >= 4 is 0 Å². The number of hydrogen-bond acceptors (Lipinski definition) is 1. The van der Waals surface area contributed by atoms with E-state index in [4.69, 9.17) is 5.73 Å². The van der Waals surface area contributed by atoms with Crippen molar-refractivity contribution in [1.82, 2.24) is 0 Å². The molecule has 1 fully saturated rings. The van der Waals surface area contributed by atoms with Gasteiger partial charge in [-0.05, 0) is 24.7 Å². The Balaban J connectivity index is 2.34. The highest BCUT2D eigenvalue weighted by molar-refractivity contribution is 4.92. The second-order valence-corrected chi connectivity index (χ2v) is 3.66. The molecule has 1 saturated carbocycles. The molecule has 0 spiro atoms. The molecule has 0 amide bonds. The third-order valence-corrected chi connectivity index (χ3v) is 2.98. The van der Waals surface area contributed by atoms with Gasteiger partial charge in [0.25, 0.3) is 0 Å². The Morgan fingerprint density at radius 2 is 2.36 bits per heavy atom. The Morgan fingerprint density at radius 3 is 2.82 bits per heavy atom. The van der Waals surface area contributed by atoms with Crippen LogP contribution in [0.5, 0.6) is 0 Å². The molecular formula is C10H19N. The fourth-order valence-corrected chi connectivity index (χ4v) is 2.03. The van der Waals surface area contributed by atoms with Gasteiger partial charge in [-0.3, -0.25) is 0 Å². The molecule has 1 rings (SSSR count). The third-order valence-electron chi connectivity index (χ3n) is 2.98. The summed E-state index contributed by atoms with van der Waals surface area (Å²) in [5.41, 5.74) is 5.88. The fraction of sp³-hybridized carbons (Fsp3) is 0.800. The Labute approximate surface area is 69.7 Å². The van der Waals surface area contributed by atoms with E-state index in [1.807, 2.05) is 6.08 Å². The van der Waals surface area contributed by atoms with Crippen molar-refractivity contribution < 1.29 is 0 Å². The van der Waals surface area contributed by atoms with E-state index in [1.54, 1.807) is 0 Å². The lowest BCUT2D eigenvalue weighted by Gasteiger charge is -2.14. The van der Waals surface area contributed by atoms with Gasteiger partial charge in [-0.2, -0.15) is 0 Å². The van der Waals surface area contributed by atoms with Gasteiger partial charge in [0.1, 0.15) is 0 Å². The monoisotopic (exact) mass is 153 g/mol. The molecule has 0 aromatic heterocycles. The molecule has 0 radical (unpaired) electrons. The maximum atomic E-state index is 5.88. The fourth-order valence-electron chi connectivity index (χ4n) is 2.03. The summed E-state index contributed by atoms with van der Waals surface area (Å²) in [7, 11) is 0. The highest BCUT2D eigenvalue weighted by atomic mass is 14.6. The SMILES string of the molecule is C=CC(N)C1CCC(CC)C1. The normalized spacial score (nSPS) is 33.6. The first kappa shape index (κ1) is 8.79. The van der Waals surface area contributed by atoms with Crippen LogP contribution in [-0.4, -0.2) is 6.04 Å². The summed E-state index contributed by atoms with van der Waals surface area (Å²) in [6, 6.07) is 0.242. The van der Waals surface area contributed by atoms with Gasteiger partial charge in [0.05, 0.1) is 0 Å². The zero-order valence-electron chi connectivity index (χ0n) is 7.42. The van der Waals surface area contributed by atoms with E-state index in [1.165, 1.54) is 25.7 Å². The van der Waals surface area contributed by atoms with Crippen molar-refractivity contribution in [2.45, 2.75) is 38.6 Å². The highest BCUT2D eigenvalue weighted by Crippen LogP contribution is 2.34. The average molecular weight is 153 g/mol. The van der Waals surface area contributed by atoms with Gasteiger partial charge in [-0.1, -0.05) is 25.8 Å². The van der Waals surface area contributed by atoms with E-state index >= 15 is 0 Å². The molecule has 0 heterocycles. The zero-order valence-corrected chi connectivity index (χ0v) is 7.42. The van der Waals surface area contributed by atoms with Crippen LogP contribution in [0.2, 0.25) is 0 Å². The van der Waals surface area contributed by atoms with Gasteiger partial charge in [0, 0.05) is 6.04 Å². The number of nitrogens with two attached hydrogens (primary N) is 1. The summed E-state index contributed by atoms with van der Waals surface area (Å²) < 4.78 is 0. The molecule has 0 saturated heterocycles. The van der Waals surface area contributed by atoms with Crippen LogP contribution in [0.15, 0.2) is 12.7 Å². The Kier molecular flexibility index (Phi) is 3.13. The first-order valence-corrected chi connectivity index (χ1v) is 4.66. The molecule has 0 aliphatic heterocycles. The van der Waals surface area contributed by atoms with Crippen molar-refractivity contribution in [3.8, 4) is 0 Å². The molecule has 1 aliphatic carbocycles. The zero-order chi connectivity index (χ0) is 8.27. The predicted molar refractivity (Wildman–Crippen MR) is 49.3 cm³/mol. The Hall–Kier alpha value is -0.300. The van der Waals surface area contributed by atoms with Crippen molar-refractivity contribution in [3.63, 3.8) is 0 Å². The summed E-state index contributed by atoms with van der Waals surface area (Å²) in [5, 5.41) is 0. The van der Waals surface area contributed by atoms with Gasteiger partial charge in [0.15, 0.2) is 0 Å². The standard InChI is InChI=1S/C10H19N/c1-3-8-5-6-9(7-8)10(11)4-2/h4,8-10H,2-3,5-7,11H2,1H3. The van der Waals surface area contributed by atoms with E-state index in [-0.39, 0.29) is 6.04 Å². The van der Waals surface area contributed by atoms with Crippen LogP contribution >= 0.6 is 0 Å². The van der Waals surface area contributed by atoms with Gasteiger partial charge in [-0.25, -0.2) is 0 Å². The van der Waals surface area contributed by atoms with Crippen LogP contribution in [0.25, 0.3) is 0 Å². The molecule has 3 unspecified atom stereocenters. The molecule has 2 N–H and O–H groups in total. The minimum absolute atomic E-state index is 0.242. The first-order valence-electron chi connectivity index (χ1n) is 4.66. The van der Waals surface area contributed by atoms with Crippen molar-refractivity contribution in [3.05, 3.63) is 12.7 Å². The molecule has 1 nitrogen and oxygen atoms in total. The van der Waals surface area contributed by atoms with Crippen molar-refractivity contribution in [2.24, 2.45) is 17.6 Å². The molecule has 0 aromatic rings. The second kappa shape index (κ2) is 3.91. The van der Waals surface area contributed by atoms with E-state index in [0.717, 1.165) is 11.8 Å². The Bertz CT molecular complexity index is 131. The highest BCUT2D eigenvalue weighted by Gasteiger charge is 2.26. The second-order valence-electron chi connectivity index (χ2n) is 3.66. The van der Waals surface area contributed by atoms with Crippen LogP contribution in [0, 0.1) is 11.8 Å². The lowest BCUT2D eigenvalue weighted by molar-refractivity contribution is 0.449. The maximum absolute atomic E-state index is 5.88. The molecule has 0 bridgehead atoms. The third kappa shape index (κ3) is 2.06. The molecular weight excluding hydrogens is 134 g/mol. The van der Waals surface area contributed by atoms with E-state index in [9.17, 15) is 0 Å². The smallest absolute Gasteiger partial charge is 0.0249 e. The molecule has 1 aliphatic rings. The van der Waals surface area contributed by atoms with Gasteiger partial charge in [0.2, 0.25) is 0 Å². The quantitative estimate of drug-likeness (QED) is 0.619. The van der Waals surface area contributed by atoms with Gasteiger partial charge in [-0.15, -0.1) is 6.58 Å². The van der Waals surface area contributed by atoms with E-state index < -0.39 is 0 Å². The summed E-state index contributed by atoms with van der Waals surface area (Å²) in [4.78, 5) is 0. The van der Waals surface area contributed by atoms with Gasteiger partial charge >= 0.3 is 0 Å². The molecule has 0 aromatic carbocycles. The predicted octanol–water partition coefficient (Wildman–Crippen LogP) is 2.33.